The average Bonchev–Trinajstić information content (AvgIpc) is 2.33. The molecule has 0 bridgehead atoms. The predicted octanol–water partition coefficient (Wildman–Crippen LogP) is 2.95. The molecule has 0 atom stereocenters. The molecule has 0 radical (unpaired) electrons. The minimum atomic E-state index is -0.172. The molecule has 0 aromatic heterocycles. The van der Waals surface area contributed by atoms with Gasteiger partial charge in [-0.25, -0.2) is 0 Å². The molecule has 4 nitrogen and oxygen atoms in total. The van der Waals surface area contributed by atoms with E-state index in [4.69, 9.17) is 11.5 Å². The van der Waals surface area contributed by atoms with Crippen LogP contribution in [0.4, 0.5) is 17.1 Å². The molecule has 0 aliphatic carbocycles. The van der Waals surface area contributed by atoms with Gasteiger partial charge in [0.25, 0.3) is 5.91 Å². The lowest BCUT2D eigenvalue weighted by Crippen LogP contribution is -2.11. The van der Waals surface area contributed by atoms with Crippen molar-refractivity contribution >= 4 is 47.8 Å². The van der Waals surface area contributed by atoms with Crippen molar-refractivity contribution in [3.63, 3.8) is 0 Å². The van der Waals surface area contributed by atoms with Crippen molar-refractivity contribution in [2.24, 2.45) is 0 Å². The molecule has 19 heavy (non-hydrogen) atoms. The maximum Gasteiger partial charge on any atom is 0.255 e. The van der Waals surface area contributed by atoms with E-state index in [-0.39, 0.29) is 30.7 Å². The van der Waals surface area contributed by atoms with Gasteiger partial charge in [0.1, 0.15) is 0 Å². The van der Waals surface area contributed by atoms with E-state index < -0.39 is 0 Å². The van der Waals surface area contributed by atoms with Gasteiger partial charge in [-0.05, 0) is 48.5 Å². The first-order chi connectivity index (χ1) is 8.15. The topological polar surface area (TPSA) is 81.1 Å². The van der Waals surface area contributed by atoms with Crippen molar-refractivity contribution in [1.29, 1.82) is 0 Å². The third-order valence-corrected chi connectivity index (χ3v) is 2.34. The van der Waals surface area contributed by atoms with Crippen LogP contribution in [-0.4, -0.2) is 5.91 Å². The molecule has 0 unspecified atom stereocenters. The SMILES string of the molecule is Cl.Cl.Nc1ccc(NC(=O)c2ccc(N)cc2)cc1. The van der Waals surface area contributed by atoms with Crippen LogP contribution in [0.15, 0.2) is 48.5 Å². The van der Waals surface area contributed by atoms with Crippen LogP contribution in [0.2, 0.25) is 0 Å². The highest BCUT2D eigenvalue weighted by Crippen LogP contribution is 2.13. The van der Waals surface area contributed by atoms with Crippen molar-refractivity contribution in [3.05, 3.63) is 54.1 Å². The number of halogens is 2. The number of anilines is 3. The Morgan fingerprint density at radius 2 is 1.21 bits per heavy atom. The first-order valence-corrected chi connectivity index (χ1v) is 5.17. The van der Waals surface area contributed by atoms with E-state index in [1.807, 2.05) is 0 Å². The molecule has 0 fully saturated rings. The summed E-state index contributed by atoms with van der Waals surface area (Å²) in [6.45, 7) is 0. The van der Waals surface area contributed by atoms with E-state index in [0.29, 0.717) is 22.6 Å². The largest absolute Gasteiger partial charge is 0.399 e. The first kappa shape index (κ1) is 17.1. The molecular weight excluding hydrogens is 285 g/mol. The van der Waals surface area contributed by atoms with E-state index in [0.717, 1.165) is 0 Å². The fourth-order valence-electron chi connectivity index (χ4n) is 1.40. The molecule has 5 N–H and O–H groups in total. The Hall–Kier alpha value is -1.91. The number of rotatable bonds is 2. The summed E-state index contributed by atoms with van der Waals surface area (Å²) in [7, 11) is 0. The Morgan fingerprint density at radius 3 is 1.68 bits per heavy atom. The minimum absolute atomic E-state index is 0. The van der Waals surface area contributed by atoms with Crippen LogP contribution in [0.3, 0.4) is 0 Å². The van der Waals surface area contributed by atoms with Gasteiger partial charge in [-0.2, -0.15) is 0 Å². The second kappa shape index (κ2) is 7.51. The summed E-state index contributed by atoms with van der Waals surface area (Å²) in [5.41, 5.74) is 13.7. The molecule has 0 spiro atoms. The summed E-state index contributed by atoms with van der Waals surface area (Å²) in [5, 5.41) is 2.77. The molecule has 1 amide bonds. The van der Waals surface area contributed by atoms with Crippen molar-refractivity contribution in [2.45, 2.75) is 0 Å². The Balaban J connectivity index is 0.00000162. The molecule has 0 heterocycles. The summed E-state index contributed by atoms with van der Waals surface area (Å²) >= 11 is 0. The third kappa shape index (κ3) is 4.69. The van der Waals surface area contributed by atoms with Crippen LogP contribution in [0.5, 0.6) is 0 Å². The number of nitrogens with one attached hydrogen (secondary N) is 1. The van der Waals surface area contributed by atoms with Gasteiger partial charge in [0.2, 0.25) is 0 Å². The summed E-state index contributed by atoms with van der Waals surface area (Å²) in [6, 6.07) is 13.7. The number of carbonyl (C=O) groups excluding carboxylic acids is 1. The standard InChI is InChI=1S/C13H13N3O.2ClH/c14-10-3-1-9(2-4-10)13(17)16-12-7-5-11(15)6-8-12;;/h1-8H,14-15H2,(H,16,17);2*1H. The summed E-state index contributed by atoms with van der Waals surface area (Å²) < 4.78 is 0. The van der Waals surface area contributed by atoms with E-state index >= 15 is 0 Å². The van der Waals surface area contributed by atoms with Gasteiger partial charge in [0.05, 0.1) is 0 Å². The molecule has 2 aromatic rings. The maximum absolute atomic E-state index is 11.8. The molecule has 0 saturated carbocycles. The number of benzene rings is 2. The van der Waals surface area contributed by atoms with Gasteiger partial charge in [-0.3, -0.25) is 4.79 Å². The minimum Gasteiger partial charge on any atom is -0.399 e. The van der Waals surface area contributed by atoms with Gasteiger partial charge in [0.15, 0.2) is 0 Å². The lowest BCUT2D eigenvalue weighted by molar-refractivity contribution is 0.102. The Bertz CT molecular complexity index is 527. The van der Waals surface area contributed by atoms with E-state index in [1.165, 1.54) is 0 Å². The molecule has 6 heteroatoms. The monoisotopic (exact) mass is 299 g/mol. The molecule has 0 saturated heterocycles. The highest BCUT2D eigenvalue weighted by Gasteiger charge is 2.04. The normalized spacial score (nSPS) is 8.84. The number of amides is 1. The third-order valence-electron chi connectivity index (χ3n) is 2.34. The highest BCUT2D eigenvalue weighted by molar-refractivity contribution is 6.04. The molecule has 2 rings (SSSR count). The highest BCUT2D eigenvalue weighted by atomic mass is 35.5. The predicted molar refractivity (Wildman–Crippen MR) is 84.2 cm³/mol. The Kier molecular flexibility index (Phi) is 6.75. The smallest absolute Gasteiger partial charge is 0.255 e. The van der Waals surface area contributed by atoms with Gasteiger partial charge >= 0.3 is 0 Å². The molecular formula is C13H15Cl2N3O. The van der Waals surface area contributed by atoms with Gasteiger partial charge in [-0.15, -0.1) is 24.8 Å². The van der Waals surface area contributed by atoms with Crippen molar-refractivity contribution < 1.29 is 4.79 Å². The second-order valence-corrected chi connectivity index (χ2v) is 3.70. The molecule has 0 aliphatic rings. The van der Waals surface area contributed by atoms with Crippen LogP contribution in [-0.2, 0) is 0 Å². The van der Waals surface area contributed by atoms with Crippen LogP contribution in [0, 0.1) is 0 Å². The molecule has 0 aliphatic heterocycles. The van der Waals surface area contributed by atoms with Crippen LogP contribution < -0.4 is 16.8 Å². The number of carbonyl (C=O) groups is 1. The Labute approximate surface area is 124 Å². The summed E-state index contributed by atoms with van der Waals surface area (Å²) in [6.07, 6.45) is 0. The number of nitrogen functional groups attached to an aromatic ring is 2. The number of nitrogens with two attached hydrogens (primary N) is 2. The van der Waals surface area contributed by atoms with Crippen LogP contribution in [0.25, 0.3) is 0 Å². The zero-order valence-corrected chi connectivity index (χ0v) is 11.6. The van der Waals surface area contributed by atoms with E-state index in [1.54, 1.807) is 48.5 Å². The van der Waals surface area contributed by atoms with Crippen LogP contribution >= 0.6 is 24.8 Å². The van der Waals surface area contributed by atoms with Crippen molar-refractivity contribution in [3.8, 4) is 0 Å². The van der Waals surface area contributed by atoms with Crippen molar-refractivity contribution in [2.75, 3.05) is 16.8 Å². The number of hydrogen-bond donors (Lipinski definition) is 3. The zero-order chi connectivity index (χ0) is 12.3. The summed E-state index contributed by atoms with van der Waals surface area (Å²) in [4.78, 5) is 11.8. The van der Waals surface area contributed by atoms with Crippen LogP contribution in [0.1, 0.15) is 10.4 Å². The fraction of sp³-hybridized carbons (Fsp3) is 0. The lowest BCUT2D eigenvalue weighted by Gasteiger charge is -2.05. The fourth-order valence-corrected chi connectivity index (χ4v) is 1.40. The van der Waals surface area contributed by atoms with Gasteiger partial charge < -0.3 is 16.8 Å². The van der Waals surface area contributed by atoms with Crippen molar-refractivity contribution in [1.82, 2.24) is 0 Å². The molecule has 2 aromatic carbocycles. The average molecular weight is 300 g/mol. The first-order valence-electron chi connectivity index (χ1n) is 5.17. The van der Waals surface area contributed by atoms with E-state index in [2.05, 4.69) is 5.32 Å². The van der Waals surface area contributed by atoms with Gasteiger partial charge in [-0.1, -0.05) is 0 Å². The lowest BCUT2D eigenvalue weighted by atomic mass is 10.2. The van der Waals surface area contributed by atoms with Gasteiger partial charge in [0, 0.05) is 22.6 Å². The summed E-state index contributed by atoms with van der Waals surface area (Å²) in [5.74, 6) is -0.172. The molecule has 102 valence electrons. The zero-order valence-electron chi connectivity index (χ0n) is 10.00. The maximum atomic E-state index is 11.8. The Morgan fingerprint density at radius 1 is 0.789 bits per heavy atom. The van der Waals surface area contributed by atoms with E-state index in [9.17, 15) is 4.79 Å². The second-order valence-electron chi connectivity index (χ2n) is 3.70. The quantitative estimate of drug-likeness (QED) is 0.746. The number of hydrogen-bond acceptors (Lipinski definition) is 3.